The van der Waals surface area contributed by atoms with Gasteiger partial charge in [0.05, 0.1) is 24.5 Å². The minimum atomic E-state index is -0.0760. The fourth-order valence-electron chi connectivity index (χ4n) is 2.76. The highest BCUT2D eigenvalue weighted by molar-refractivity contribution is 5.16. The number of morpholine rings is 1. The molecule has 0 aromatic carbocycles. The fourth-order valence-corrected chi connectivity index (χ4v) is 2.76. The smallest absolute Gasteiger partial charge is 0.122 e. The second kappa shape index (κ2) is 5.43. The molecule has 0 saturated carbocycles. The van der Waals surface area contributed by atoms with Crippen LogP contribution in [0.3, 0.4) is 0 Å². The van der Waals surface area contributed by atoms with E-state index in [-0.39, 0.29) is 11.7 Å². The van der Waals surface area contributed by atoms with Gasteiger partial charge in [0, 0.05) is 25.2 Å². The van der Waals surface area contributed by atoms with E-state index in [1.54, 1.807) is 6.26 Å². The third kappa shape index (κ3) is 3.34. The maximum Gasteiger partial charge on any atom is 0.122 e. The van der Waals surface area contributed by atoms with E-state index in [1.165, 1.54) is 5.56 Å². The highest BCUT2D eigenvalue weighted by Crippen LogP contribution is 2.23. The molecule has 1 fully saturated rings. The Balaban J connectivity index is 2.02. The number of nitrogens with zero attached hydrogens (tertiary/aromatic N) is 1. The van der Waals surface area contributed by atoms with Gasteiger partial charge in [0.1, 0.15) is 5.76 Å². The molecule has 1 aromatic heterocycles. The van der Waals surface area contributed by atoms with Gasteiger partial charge in [0.25, 0.3) is 0 Å². The van der Waals surface area contributed by atoms with Crippen LogP contribution >= 0.6 is 0 Å². The van der Waals surface area contributed by atoms with Crippen molar-refractivity contribution in [1.82, 2.24) is 10.2 Å². The Kier molecular flexibility index (Phi) is 4.10. The Morgan fingerprint density at radius 1 is 1.50 bits per heavy atom. The lowest BCUT2D eigenvalue weighted by Crippen LogP contribution is -2.51. The summed E-state index contributed by atoms with van der Waals surface area (Å²) in [6.07, 6.45) is 2.05. The zero-order valence-electron chi connectivity index (χ0n) is 11.8. The predicted molar refractivity (Wildman–Crippen MR) is 71.4 cm³/mol. The van der Waals surface area contributed by atoms with Gasteiger partial charge >= 0.3 is 0 Å². The van der Waals surface area contributed by atoms with Crippen molar-refractivity contribution < 1.29 is 9.15 Å². The standard InChI is InChI=1S/C14H24N2O2/c1-11-8-16(10-14(2,3)18-11)9-13-12(7-15-4)5-6-17-13/h5-6,11,15H,7-10H2,1-4H3. The van der Waals surface area contributed by atoms with E-state index in [9.17, 15) is 0 Å². The van der Waals surface area contributed by atoms with Crippen molar-refractivity contribution >= 4 is 0 Å². The van der Waals surface area contributed by atoms with Gasteiger partial charge in [-0.05, 0) is 33.9 Å². The van der Waals surface area contributed by atoms with Crippen molar-refractivity contribution in [3.05, 3.63) is 23.7 Å². The van der Waals surface area contributed by atoms with E-state index in [0.29, 0.717) is 0 Å². The molecule has 0 aliphatic carbocycles. The van der Waals surface area contributed by atoms with Crippen LogP contribution in [0.4, 0.5) is 0 Å². The largest absolute Gasteiger partial charge is 0.468 e. The van der Waals surface area contributed by atoms with Gasteiger partial charge in [-0.2, -0.15) is 0 Å². The van der Waals surface area contributed by atoms with E-state index in [2.05, 4.69) is 31.0 Å². The van der Waals surface area contributed by atoms with Crippen LogP contribution in [0.25, 0.3) is 0 Å². The molecule has 4 nitrogen and oxygen atoms in total. The van der Waals surface area contributed by atoms with Crippen LogP contribution in [0.2, 0.25) is 0 Å². The zero-order valence-corrected chi connectivity index (χ0v) is 11.8. The zero-order chi connectivity index (χ0) is 13.2. The molecule has 1 aliphatic rings. The number of rotatable bonds is 4. The Morgan fingerprint density at radius 2 is 2.28 bits per heavy atom. The van der Waals surface area contributed by atoms with Crippen molar-refractivity contribution in [3.63, 3.8) is 0 Å². The SMILES string of the molecule is CNCc1ccoc1CN1CC(C)OC(C)(C)C1. The van der Waals surface area contributed by atoms with E-state index in [1.807, 2.05) is 13.1 Å². The van der Waals surface area contributed by atoms with Crippen LogP contribution < -0.4 is 5.32 Å². The average Bonchev–Trinajstić information content (AvgIpc) is 2.63. The van der Waals surface area contributed by atoms with E-state index < -0.39 is 0 Å². The molecule has 0 radical (unpaired) electrons. The summed E-state index contributed by atoms with van der Waals surface area (Å²) in [5, 5.41) is 3.17. The maximum absolute atomic E-state index is 5.92. The molecule has 0 spiro atoms. The monoisotopic (exact) mass is 252 g/mol. The first-order valence-electron chi connectivity index (χ1n) is 6.60. The summed E-state index contributed by atoms with van der Waals surface area (Å²) in [7, 11) is 1.96. The molecule has 1 atom stereocenters. The van der Waals surface area contributed by atoms with Gasteiger partial charge in [0.2, 0.25) is 0 Å². The lowest BCUT2D eigenvalue weighted by atomic mass is 10.1. The van der Waals surface area contributed by atoms with Gasteiger partial charge < -0.3 is 14.5 Å². The molecule has 1 aromatic rings. The number of hydrogen-bond donors (Lipinski definition) is 1. The average molecular weight is 252 g/mol. The molecule has 1 aliphatic heterocycles. The van der Waals surface area contributed by atoms with Crippen molar-refractivity contribution in [2.75, 3.05) is 20.1 Å². The predicted octanol–water partition coefficient (Wildman–Crippen LogP) is 2.00. The van der Waals surface area contributed by atoms with Crippen molar-refractivity contribution in [2.24, 2.45) is 0 Å². The van der Waals surface area contributed by atoms with Crippen LogP contribution in [-0.4, -0.2) is 36.7 Å². The van der Waals surface area contributed by atoms with Gasteiger partial charge in [-0.3, -0.25) is 4.90 Å². The summed E-state index contributed by atoms with van der Waals surface area (Å²) in [4.78, 5) is 2.41. The van der Waals surface area contributed by atoms with Gasteiger partial charge in [-0.15, -0.1) is 0 Å². The molecular weight excluding hydrogens is 228 g/mol. The Labute approximate surface area is 109 Å². The highest BCUT2D eigenvalue weighted by atomic mass is 16.5. The minimum absolute atomic E-state index is 0.0760. The molecule has 0 bridgehead atoms. The molecule has 1 N–H and O–H groups in total. The van der Waals surface area contributed by atoms with E-state index >= 15 is 0 Å². The first-order chi connectivity index (χ1) is 8.50. The van der Waals surface area contributed by atoms with E-state index in [0.717, 1.165) is 31.9 Å². The molecule has 18 heavy (non-hydrogen) atoms. The van der Waals surface area contributed by atoms with Crippen molar-refractivity contribution in [3.8, 4) is 0 Å². The molecular formula is C14H24N2O2. The molecule has 2 rings (SSSR count). The van der Waals surface area contributed by atoms with Crippen molar-refractivity contribution in [1.29, 1.82) is 0 Å². The lowest BCUT2D eigenvalue weighted by Gasteiger charge is -2.41. The summed E-state index contributed by atoms with van der Waals surface area (Å²) in [5.74, 6) is 1.06. The molecule has 0 amide bonds. The summed E-state index contributed by atoms with van der Waals surface area (Å²) in [6.45, 7) is 10.0. The summed E-state index contributed by atoms with van der Waals surface area (Å²) in [5.41, 5.74) is 1.17. The van der Waals surface area contributed by atoms with Gasteiger partial charge in [-0.1, -0.05) is 0 Å². The first-order valence-corrected chi connectivity index (χ1v) is 6.60. The quantitative estimate of drug-likeness (QED) is 0.889. The topological polar surface area (TPSA) is 37.6 Å². The summed E-state index contributed by atoms with van der Waals surface area (Å²) in [6, 6.07) is 2.04. The first kappa shape index (κ1) is 13.6. The van der Waals surface area contributed by atoms with Crippen molar-refractivity contribution in [2.45, 2.75) is 45.6 Å². The van der Waals surface area contributed by atoms with Crippen LogP contribution in [0.15, 0.2) is 16.7 Å². The van der Waals surface area contributed by atoms with E-state index in [4.69, 9.17) is 9.15 Å². The third-order valence-electron chi connectivity index (χ3n) is 3.21. The van der Waals surface area contributed by atoms with Gasteiger partial charge in [-0.25, -0.2) is 0 Å². The molecule has 1 unspecified atom stereocenters. The minimum Gasteiger partial charge on any atom is -0.468 e. The Bertz CT molecular complexity index is 387. The molecule has 1 saturated heterocycles. The van der Waals surface area contributed by atoms with Gasteiger partial charge in [0.15, 0.2) is 0 Å². The number of ether oxygens (including phenoxy) is 1. The fraction of sp³-hybridized carbons (Fsp3) is 0.714. The second-order valence-corrected chi connectivity index (χ2v) is 5.76. The highest BCUT2D eigenvalue weighted by Gasteiger charge is 2.31. The van der Waals surface area contributed by atoms with Crippen LogP contribution in [-0.2, 0) is 17.8 Å². The lowest BCUT2D eigenvalue weighted by molar-refractivity contribution is -0.131. The number of hydrogen-bond acceptors (Lipinski definition) is 4. The number of furan rings is 1. The normalized spacial score (nSPS) is 24.3. The second-order valence-electron chi connectivity index (χ2n) is 5.76. The van der Waals surface area contributed by atoms with Crippen LogP contribution in [0, 0.1) is 0 Å². The van der Waals surface area contributed by atoms with Crippen LogP contribution in [0.5, 0.6) is 0 Å². The third-order valence-corrected chi connectivity index (χ3v) is 3.21. The Morgan fingerprint density at radius 3 is 2.94 bits per heavy atom. The maximum atomic E-state index is 5.92. The number of nitrogens with one attached hydrogen (secondary N) is 1. The molecule has 102 valence electrons. The Hall–Kier alpha value is -0.840. The summed E-state index contributed by atoms with van der Waals surface area (Å²) < 4.78 is 11.5. The molecule has 2 heterocycles. The van der Waals surface area contributed by atoms with Crippen LogP contribution in [0.1, 0.15) is 32.1 Å². The summed E-state index contributed by atoms with van der Waals surface area (Å²) >= 11 is 0. The molecule has 4 heteroatoms.